The summed E-state index contributed by atoms with van der Waals surface area (Å²) in [6, 6.07) is 6.37. The van der Waals surface area contributed by atoms with Gasteiger partial charge in [0.2, 0.25) is 5.91 Å². The van der Waals surface area contributed by atoms with E-state index < -0.39 is 12.0 Å². The highest BCUT2D eigenvalue weighted by atomic mass is 16.4. The number of amides is 1. The van der Waals surface area contributed by atoms with Gasteiger partial charge in [-0.05, 0) is 36.1 Å². The number of carboxylic acids is 1. The quantitative estimate of drug-likeness (QED) is 0.694. The largest absolute Gasteiger partial charge is 0.478 e. The van der Waals surface area contributed by atoms with Crippen LogP contribution in [0.3, 0.4) is 0 Å². The maximum atomic E-state index is 11.9. The summed E-state index contributed by atoms with van der Waals surface area (Å²) in [5.74, 6) is -0.906. The molecule has 108 valence electrons. The molecule has 1 rings (SSSR count). The zero-order valence-electron chi connectivity index (χ0n) is 11.7. The molecule has 1 amide bonds. The molecule has 0 spiro atoms. The molecule has 0 radical (unpaired) electrons. The van der Waals surface area contributed by atoms with Gasteiger partial charge in [-0.1, -0.05) is 26.0 Å². The first kappa shape index (κ1) is 15.9. The van der Waals surface area contributed by atoms with Gasteiger partial charge in [0.05, 0.1) is 6.04 Å². The summed E-state index contributed by atoms with van der Waals surface area (Å²) in [5, 5.41) is 11.3. The lowest BCUT2D eigenvalue weighted by atomic mass is 10.0. The Kier molecular flexibility index (Phi) is 5.93. The lowest BCUT2D eigenvalue weighted by molar-refractivity contribution is -0.131. The highest BCUT2D eigenvalue weighted by molar-refractivity contribution is 5.95. The number of carbonyl (C=O) groups excluding carboxylic acids is 1. The molecular formula is C15H20N2O3. The van der Waals surface area contributed by atoms with Crippen LogP contribution in [0.4, 0.5) is 5.69 Å². The van der Waals surface area contributed by atoms with Crippen molar-refractivity contribution >= 4 is 23.6 Å². The molecule has 5 nitrogen and oxygen atoms in total. The van der Waals surface area contributed by atoms with Gasteiger partial charge in [0.25, 0.3) is 0 Å². The smallest absolute Gasteiger partial charge is 0.328 e. The second-order valence-corrected chi connectivity index (χ2v) is 5.02. The van der Waals surface area contributed by atoms with E-state index >= 15 is 0 Å². The molecule has 1 aromatic carbocycles. The number of nitrogens with one attached hydrogen (secondary N) is 1. The third kappa shape index (κ3) is 5.67. The van der Waals surface area contributed by atoms with E-state index in [1.165, 1.54) is 6.08 Å². The van der Waals surface area contributed by atoms with Crippen LogP contribution in [0, 0.1) is 5.92 Å². The first-order chi connectivity index (χ1) is 9.38. The lowest BCUT2D eigenvalue weighted by Gasteiger charge is -2.14. The van der Waals surface area contributed by atoms with Crippen LogP contribution in [0.15, 0.2) is 30.3 Å². The summed E-state index contributed by atoms with van der Waals surface area (Å²) in [6.45, 7) is 4.01. The highest BCUT2D eigenvalue weighted by Crippen LogP contribution is 2.13. The topological polar surface area (TPSA) is 92.4 Å². The van der Waals surface area contributed by atoms with E-state index in [1.807, 2.05) is 13.8 Å². The first-order valence-corrected chi connectivity index (χ1v) is 6.46. The summed E-state index contributed by atoms with van der Waals surface area (Å²) in [6.07, 6.45) is 3.13. The molecule has 0 saturated carbocycles. The van der Waals surface area contributed by atoms with E-state index in [4.69, 9.17) is 10.8 Å². The lowest BCUT2D eigenvalue weighted by Crippen LogP contribution is -2.36. The summed E-state index contributed by atoms with van der Waals surface area (Å²) < 4.78 is 0. The number of anilines is 1. The van der Waals surface area contributed by atoms with E-state index in [2.05, 4.69) is 5.32 Å². The van der Waals surface area contributed by atoms with E-state index in [1.54, 1.807) is 24.3 Å². The number of carboxylic acid groups (broad SMARTS) is 1. The van der Waals surface area contributed by atoms with Crippen molar-refractivity contribution < 1.29 is 14.7 Å². The molecular weight excluding hydrogens is 256 g/mol. The van der Waals surface area contributed by atoms with Gasteiger partial charge in [-0.3, -0.25) is 4.79 Å². The number of hydrogen-bond donors (Lipinski definition) is 3. The summed E-state index contributed by atoms with van der Waals surface area (Å²) in [4.78, 5) is 22.3. The molecule has 0 bridgehead atoms. The van der Waals surface area contributed by atoms with Gasteiger partial charge in [-0.2, -0.15) is 0 Å². The zero-order chi connectivity index (χ0) is 15.1. The molecule has 0 fully saturated rings. The molecule has 5 heteroatoms. The van der Waals surface area contributed by atoms with Crippen LogP contribution < -0.4 is 11.1 Å². The molecule has 0 aromatic heterocycles. The summed E-state index contributed by atoms with van der Waals surface area (Å²) >= 11 is 0. The number of rotatable bonds is 6. The molecule has 0 heterocycles. The van der Waals surface area contributed by atoms with Crippen LogP contribution in [0.25, 0.3) is 6.08 Å². The van der Waals surface area contributed by atoms with Crippen LogP contribution >= 0.6 is 0 Å². The minimum Gasteiger partial charge on any atom is -0.478 e. The van der Waals surface area contributed by atoms with Gasteiger partial charge in [-0.25, -0.2) is 4.79 Å². The average molecular weight is 276 g/mol. The number of hydrogen-bond acceptors (Lipinski definition) is 3. The molecule has 1 atom stereocenters. The Bertz CT molecular complexity index is 510. The van der Waals surface area contributed by atoms with Crippen molar-refractivity contribution in [2.75, 3.05) is 5.32 Å². The Morgan fingerprint density at radius 3 is 2.70 bits per heavy atom. The van der Waals surface area contributed by atoms with Crippen molar-refractivity contribution in [2.45, 2.75) is 26.3 Å². The predicted octanol–water partition coefficient (Wildman–Crippen LogP) is 2.10. The summed E-state index contributed by atoms with van der Waals surface area (Å²) in [5.41, 5.74) is 7.09. The predicted molar refractivity (Wildman–Crippen MR) is 79.2 cm³/mol. The second kappa shape index (κ2) is 7.45. The Morgan fingerprint density at radius 2 is 2.10 bits per heavy atom. The fourth-order valence-corrected chi connectivity index (χ4v) is 1.74. The van der Waals surface area contributed by atoms with Crippen molar-refractivity contribution in [1.82, 2.24) is 0 Å². The van der Waals surface area contributed by atoms with Gasteiger partial charge >= 0.3 is 5.97 Å². The van der Waals surface area contributed by atoms with Crippen molar-refractivity contribution in [3.63, 3.8) is 0 Å². The third-order valence-electron chi connectivity index (χ3n) is 2.63. The number of carbonyl (C=O) groups is 2. The Morgan fingerprint density at radius 1 is 1.40 bits per heavy atom. The van der Waals surface area contributed by atoms with Crippen LogP contribution in [0.2, 0.25) is 0 Å². The Balaban J connectivity index is 2.71. The number of benzene rings is 1. The minimum absolute atomic E-state index is 0.238. The fraction of sp³-hybridized carbons (Fsp3) is 0.333. The van der Waals surface area contributed by atoms with Gasteiger partial charge in [-0.15, -0.1) is 0 Å². The first-order valence-electron chi connectivity index (χ1n) is 6.46. The van der Waals surface area contributed by atoms with Gasteiger partial charge in [0, 0.05) is 11.8 Å². The minimum atomic E-state index is -1.02. The van der Waals surface area contributed by atoms with Gasteiger partial charge in [0.15, 0.2) is 0 Å². The maximum Gasteiger partial charge on any atom is 0.328 e. The maximum absolute atomic E-state index is 11.9. The van der Waals surface area contributed by atoms with Crippen LogP contribution in [0.5, 0.6) is 0 Å². The van der Waals surface area contributed by atoms with E-state index in [-0.39, 0.29) is 5.91 Å². The molecule has 1 aromatic rings. The Labute approximate surface area is 118 Å². The number of aliphatic carboxylic acids is 1. The van der Waals surface area contributed by atoms with Crippen LogP contribution in [-0.4, -0.2) is 23.0 Å². The monoisotopic (exact) mass is 276 g/mol. The summed E-state index contributed by atoms with van der Waals surface area (Å²) in [7, 11) is 0. The Hall–Kier alpha value is -2.14. The third-order valence-corrected chi connectivity index (χ3v) is 2.63. The van der Waals surface area contributed by atoms with Crippen molar-refractivity contribution in [3.05, 3.63) is 35.9 Å². The fourth-order valence-electron chi connectivity index (χ4n) is 1.74. The van der Waals surface area contributed by atoms with Crippen molar-refractivity contribution in [3.8, 4) is 0 Å². The van der Waals surface area contributed by atoms with Gasteiger partial charge in [0.1, 0.15) is 0 Å². The average Bonchev–Trinajstić information content (AvgIpc) is 2.36. The second-order valence-electron chi connectivity index (χ2n) is 5.02. The molecule has 0 aliphatic heterocycles. The van der Waals surface area contributed by atoms with Crippen molar-refractivity contribution in [2.24, 2.45) is 11.7 Å². The van der Waals surface area contributed by atoms with Crippen LogP contribution in [0.1, 0.15) is 25.8 Å². The zero-order valence-corrected chi connectivity index (χ0v) is 11.7. The molecule has 0 unspecified atom stereocenters. The standard InChI is InChI=1S/C15H20N2O3/c1-10(2)8-13(16)15(20)17-12-5-3-4-11(9-12)6-7-14(18)19/h3-7,9-10,13H,8,16H2,1-2H3,(H,17,20)(H,18,19)/b7-6+/t13-/m1/s1. The van der Waals surface area contributed by atoms with Crippen LogP contribution in [-0.2, 0) is 9.59 Å². The molecule has 0 aliphatic rings. The van der Waals surface area contributed by atoms with Gasteiger partial charge < -0.3 is 16.2 Å². The highest BCUT2D eigenvalue weighted by Gasteiger charge is 2.14. The van der Waals surface area contributed by atoms with E-state index in [0.717, 1.165) is 6.08 Å². The van der Waals surface area contributed by atoms with Crippen molar-refractivity contribution in [1.29, 1.82) is 0 Å². The number of nitrogens with two attached hydrogens (primary N) is 1. The normalized spacial score (nSPS) is 12.6. The molecule has 20 heavy (non-hydrogen) atoms. The molecule has 0 aliphatic carbocycles. The van der Waals surface area contributed by atoms with E-state index in [0.29, 0.717) is 23.6 Å². The molecule has 4 N–H and O–H groups in total. The van der Waals surface area contributed by atoms with E-state index in [9.17, 15) is 9.59 Å². The SMILES string of the molecule is CC(C)C[C@@H](N)C(=O)Nc1cccc(/C=C/C(=O)O)c1. The molecule has 0 saturated heterocycles.